The Kier molecular flexibility index (Phi) is 1.78. The standard InChI is InChI=1S/C4H5IO2/c5-4-3-6-1-2-7-4/h3H,1-2H2. The van der Waals surface area contributed by atoms with E-state index in [1.807, 2.05) is 0 Å². The average molecular weight is 212 g/mol. The monoisotopic (exact) mass is 212 g/mol. The first kappa shape index (κ1) is 5.21. The van der Waals surface area contributed by atoms with Crippen molar-refractivity contribution in [2.24, 2.45) is 0 Å². The molecule has 2 nitrogen and oxygen atoms in total. The minimum Gasteiger partial charge on any atom is -0.493 e. The van der Waals surface area contributed by atoms with Crippen molar-refractivity contribution in [2.45, 2.75) is 0 Å². The van der Waals surface area contributed by atoms with Gasteiger partial charge in [0.1, 0.15) is 19.5 Å². The largest absolute Gasteiger partial charge is 0.493 e. The molecule has 0 saturated heterocycles. The summed E-state index contributed by atoms with van der Waals surface area (Å²) in [5, 5.41) is 0. The van der Waals surface area contributed by atoms with Crippen LogP contribution in [0.5, 0.6) is 0 Å². The lowest BCUT2D eigenvalue weighted by Crippen LogP contribution is -2.04. The molecule has 0 aromatic carbocycles. The van der Waals surface area contributed by atoms with Gasteiger partial charge in [0, 0.05) is 22.6 Å². The molecule has 0 spiro atoms. The first-order chi connectivity index (χ1) is 3.39. The van der Waals surface area contributed by atoms with Crippen LogP contribution in [-0.4, -0.2) is 13.2 Å². The van der Waals surface area contributed by atoms with Crippen molar-refractivity contribution in [2.75, 3.05) is 13.2 Å². The van der Waals surface area contributed by atoms with E-state index in [4.69, 9.17) is 9.47 Å². The molecule has 0 aromatic heterocycles. The molecular weight excluding hydrogens is 207 g/mol. The molecule has 0 saturated carbocycles. The zero-order valence-electron chi connectivity index (χ0n) is 3.69. The maximum atomic E-state index is 5.00. The van der Waals surface area contributed by atoms with Crippen LogP contribution in [0.15, 0.2) is 10.0 Å². The number of hydrogen-bond acceptors (Lipinski definition) is 2. The molecule has 0 fully saturated rings. The molecule has 0 N–H and O–H groups in total. The zero-order valence-corrected chi connectivity index (χ0v) is 5.84. The third-order valence-corrected chi connectivity index (χ3v) is 1.18. The fraction of sp³-hybridized carbons (Fsp3) is 0.500. The number of rotatable bonds is 0. The van der Waals surface area contributed by atoms with Gasteiger partial charge in [-0.25, -0.2) is 0 Å². The Morgan fingerprint density at radius 2 is 2.43 bits per heavy atom. The predicted octanol–water partition coefficient (Wildman–Crippen LogP) is 1.27. The SMILES string of the molecule is IC1=COCCO1. The molecule has 0 aromatic rings. The second kappa shape index (κ2) is 2.40. The van der Waals surface area contributed by atoms with Gasteiger partial charge in [-0.1, -0.05) is 0 Å². The molecule has 0 aliphatic carbocycles. The van der Waals surface area contributed by atoms with Crippen LogP contribution in [0.2, 0.25) is 0 Å². The van der Waals surface area contributed by atoms with Gasteiger partial charge in [-0.2, -0.15) is 0 Å². The lowest BCUT2D eigenvalue weighted by Gasteiger charge is -2.09. The Bertz CT molecular complexity index is 89.7. The molecular formula is C4H5IO2. The lowest BCUT2D eigenvalue weighted by atomic mass is 10.7. The highest BCUT2D eigenvalue weighted by atomic mass is 127. The van der Waals surface area contributed by atoms with Gasteiger partial charge in [0.2, 0.25) is 0 Å². The van der Waals surface area contributed by atoms with Gasteiger partial charge in [0.15, 0.2) is 3.77 Å². The summed E-state index contributed by atoms with van der Waals surface area (Å²) < 4.78 is 10.7. The highest BCUT2D eigenvalue weighted by molar-refractivity contribution is 14.1. The Balaban J connectivity index is 2.40. The van der Waals surface area contributed by atoms with Crippen molar-refractivity contribution in [3.8, 4) is 0 Å². The smallest absolute Gasteiger partial charge is 0.191 e. The van der Waals surface area contributed by atoms with Crippen molar-refractivity contribution in [3.63, 3.8) is 0 Å². The Labute approximate surface area is 55.6 Å². The minimum absolute atomic E-state index is 0.687. The van der Waals surface area contributed by atoms with Crippen molar-refractivity contribution in [1.82, 2.24) is 0 Å². The van der Waals surface area contributed by atoms with E-state index in [0.29, 0.717) is 13.2 Å². The van der Waals surface area contributed by atoms with Crippen LogP contribution in [0.4, 0.5) is 0 Å². The molecule has 40 valence electrons. The molecule has 7 heavy (non-hydrogen) atoms. The van der Waals surface area contributed by atoms with E-state index in [0.717, 1.165) is 3.77 Å². The van der Waals surface area contributed by atoms with E-state index in [1.54, 1.807) is 6.26 Å². The molecule has 0 amide bonds. The van der Waals surface area contributed by atoms with E-state index < -0.39 is 0 Å². The summed E-state index contributed by atoms with van der Waals surface area (Å²) in [7, 11) is 0. The fourth-order valence-electron chi connectivity index (χ4n) is 0.346. The van der Waals surface area contributed by atoms with E-state index in [1.165, 1.54) is 0 Å². The molecule has 0 bridgehead atoms. The zero-order chi connectivity index (χ0) is 5.11. The van der Waals surface area contributed by atoms with Crippen LogP contribution in [0.1, 0.15) is 0 Å². The average Bonchev–Trinajstić information content (AvgIpc) is 1.69. The first-order valence-corrected chi connectivity index (χ1v) is 3.07. The van der Waals surface area contributed by atoms with Gasteiger partial charge in [0.25, 0.3) is 0 Å². The maximum absolute atomic E-state index is 5.00. The van der Waals surface area contributed by atoms with Crippen molar-refractivity contribution < 1.29 is 9.47 Å². The van der Waals surface area contributed by atoms with Gasteiger partial charge >= 0.3 is 0 Å². The molecule has 0 atom stereocenters. The minimum atomic E-state index is 0.687. The summed E-state index contributed by atoms with van der Waals surface area (Å²) in [5.74, 6) is 0. The second-order valence-electron chi connectivity index (χ2n) is 1.14. The van der Waals surface area contributed by atoms with Crippen LogP contribution < -0.4 is 0 Å². The van der Waals surface area contributed by atoms with Crippen LogP contribution in [-0.2, 0) is 9.47 Å². The summed E-state index contributed by atoms with van der Waals surface area (Å²) in [6, 6.07) is 0. The first-order valence-electron chi connectivity index (χ1n) is 1.99. The quantitative estimate of drug-likeness (QED) is 0.563. The van der Waals surface area contributed by atoms with Crippen molar-refractivity contribution in [3.05, 3.63) is 10.0 Å². The number of ether oxygens (including phenoxy) is 2. The number of halogens is 1. The van der Waals surface area contributed by atoms with Gasteiger partial charge in [-0.15, -0.1) is 0 Å². The van der Waals surface area contributed by atoms with Crippen LogP contribution in [0.25, 0.3) is 0 Å². The third-order valence-electron chi connectivity index (χ3n) is 0.617. The molecule has 0 radical (unpaired) electrons. The normalized spacial score (nSPS) is 19.3. The lowest BCUT2D eigenvalue weighted by molar-refractivity contribution is 0.104. The topological polar surface area (TPSA) is 18.5 Å². The summed E-state index contributed by atoms with van der Waals surface area (Å²) in [6.45, 7) is 1.38. The predicted molar refractivity (Wildman–Crippen MR) is 34.0 cm³/mol. The summed E-state index contributed by atoms with van der Waals surface area (Å²) in [4.78, 5) is 0. The van der Waals surface area contributed by atoms with Crippen LogP contribution in [0, 0.1) is 0 Å². The van der Waals surface area contributed by atoms with Gasteiger partial charge < -0.3 is 9.47 Å². The second-order valence-corrected chi connectivity index (χ2v) is 2.20. The highest BCUT2D eigenvalue weighted by Crippen LogP contribution is 2.10. The number of hydrogen-bond donors (Lipinski definition) is 0. The fourth-order valence-corrected chi connectivity index (χ4v) is 0.746. The van der Waals surface area contributed by atoms with Gasteiger partial charge in [-0.3, -0.25) is 0 Å². The highest BCUT2D eigenvalue weighted by Gasteiger charge is 1.97. The molecule has 1 aliphatic heterocycles. The van der Waals surface area contributed by atoms with Gasteiger partial charge in [0.05, 0.1) is 0 Å². The third kappa shape index (κ3) is 1.54. The summed E-state index contributed by atoms with van der Waals surface area (Å²) in [5.41, 5.74) is 0. The van der Waals surface area contributed by atoms with Crippen LogP contribution >= 0.6 is 22.6 Å². The van der Waals surface area contributed by atoms with E-state index in [9.17, 15) is 0 Å². The summed E-state index contributed by atoms with van der Waals surface area (Å²) >= 11 is 2.07. The van der Waals surface area contributed by atoms with E-state index >= 15 is 0 Å². The molecule has 3 heteroatoms. The van der Waals surface area contributed by atoms with Crippen LogP contribution in [0.3, 0.4) is 0 Å². The Morgan fingerprint density at radius 3 is 2.71 bits per heavy atom. The van der Waals surface area contributed by atoms with Gasteiger partial charge in [-0.05, 0) is 0 Å². The molecule has 1 rings (SSSR count). The van der Waals surface area contributed by atoms with E-state index in [-0.39, 0.29) is 0 Å². The van der Waals surface area contributed by atoms with E-state index in [2.05, 4.69) is 22.6 Å². The Morgan fingerprint density at radius 1 is 1.57 bits per heavy atom. The maximum Gasteiger partial charge on any atom is 0.191 e. The molecule has 0 unspecified atom stereocenters. The van der Waals surface area contributed by atoms with Crippen molar-refractivity contribution >= 4 is 22.6 Å². The van der Waals surface area contributed by atoms with Crippen molar-refractivity contribution in [1.29, 1.82) is 0 Å². The summed E-state index contributed by atoms with van der Waals surface area (Å²) in [6.07, 6.45) is 1.62. The molecule has 1 heterocycles. The molecule has 1 aliphatic rings. The Hall–Kier alpha value is 0.0700.